The van der Waals surface area contributed by atoms with Gasteiger partial charge in [0.15, 0.2) is 0 Å². The lowest BCUT2D eigenvalue weighted by molar-refractivity contribution is -0.139. The highest BCUT2D eigenvalue weighted by Gasteiger charge is 2.02. The lowest BCUT2D eigenvalue weighted by atomic mass is 10.4. The topological polar surface area (TPSA) is 55.6 Å². The molecule has 70 valence electrons. The van der Waals surface area contributed by atoms with Crippen LogP contribution in [0.25, 0.3) is 0 Å². The van der Waals surface area contributed by atoms with E-state index in [1.54, 1.807) is 11.9 Å². The molecule has 0 aromatic carbocycles. The number of likely N-dealkylation sites (N-methyl/N-ethyl adjacent to an activating group) is 1. The standard InChI is InChI=1S/C8H16N2O2/c1-4-10(9)5-6-12-8(11)7(2)3/h2,4-6,9H2,1,3H3. The van der Waals surface area contributed by atoms with Crippen LogP contribution in [0.5, 0.6) is 0 Å². The summed E-state index contributed by atoms with van der Waals surface area (Å²) in [5, 5.41) is 1.58. The van der Waals surface area contributed by atoms with E-state index in [9.17, 15) is 4.79 Å². The van der Waals surface area contributed by atoms with Gasteiger partial charge in [0.2, 0.25) is 0 Å². The van der Waals surface area contributed by atoms with Gasteiger partial charge in [0.25, 0.3) is 0 Å². The Morgan fingerprint density at radius 1 is 1.67 bits per heavy atom. The molecule has 0 aromatic rings. The minimum Gasteiger partial charge on any atom is -0.461 e. The molecule has 0 heterocycles. The molecule has 0 bridgehead atoms. The minimum atomic E-state index is -0.362. The van der Waals surface area contributed by atoms with E-state index in [4.69, 9.17) is 10.6 Å². The molecule has 0 fully saturated rings. The van der Waals surface area contributed by atoms with Crippen molar-refractivity contribution in [3.8, 4) is 0 Å². The van der Waals surface area contributed by atoms with Crippen LogP contribution in [-0.4, -0.2) is 30.7 Å². The number of carbonyl (C=O) groups excluding carboxylic acids is 1. The van der Waals surface area contributed by atoms with E-state index in [-0.39, 0.29) is 5.97 Å². The molecule has 0 radical (unpaired) electrons. The van der Waals surface area contributed by atoms with Crippen molar-refractivity contribution >= 4 is 5.97 Å². The molecule has 4 nitrogen and oxygen atoms in total. The Balaban J connectivity index is 3.44. The van der Waals surface area contributed by atoms with Gasteiger partial charge in [-0.1, -0.05) is 13.5 Å². The Hall–Kier alpha value is -0.870. The first-order valence-electron chi connectivity index (χ1n) is 3.90. The molecule has 0 aromatic heterocycles. The summed E-state index contributed by atoms with van der Waals surface area (Å²) in [5.74, 6) is 5.09. The molecule has 2 N–H and O–H groups in total. The summed E-state index contributed by atoms with van der Waals surface area (Å²) in [7, 11) is 0. The Morgan fingerprint density at radius 3 is 2.67 bits per heavy atom. The predicted octanol–water partition coefficient (Wildman–Crippen LogP) is 0.301. The molecule has 0 saturated carbocycles. The summed E-state index contributed by atoms with van der Waals surface area (Å²) in [6.45, 7) is 8.61. The number of nitrogens with two attached hydrogens (primary N) is 1. The molecule has 4 heteroatoms. The fraction of sp³-hybridized carbons (Fsp3) is 0.625. The van der Waals surface area contributed by atoms with Crippen molar-refractivity contribution in [1.82, 2.24) is 5.01 Å². The summed E-state index contributed by atoms with van der Waals surface area (Å²) >= 11 is 0. The molecule has 0 saturated heterocycles. The Kier molecular flexibility index (Phi) is 5.32. The van der Waals surface area contributed by atoms with Crippen molar-refractivity contribution in [2.75, 3.05) is 19.7 Å². The van der Waals surface area contributed by atoms with Crippen LogP contribution in [0.4, 0.5) is 0 Å². The Morgan fingerprint density at radius 2 is 2.25 bits per heavy atom. The van der Waals surface area contributed by atoms with Crippen molar-refractivity contribution < 1.29 is 9.53 Å². The third-order valence-electron chi connectivity index (χ3n) is 1.37. The number of carbonyl (C=O) groups is 1. The number of esters is 1. The fourth-order valence-electron chi connectivity index (χ4n) is 0.537. The van der Waals surface area contributed by atoms with Crippen LogP contribution in [-0.2, 0) is 9.53 Å². The lowest BCUT2D eigenvalue weighted by Crippen LogP contribution is -2.34. The van der Waals surface area contributed by atoms with Gasteiger partial charge in [-0.2, -0.15) is 0 Å². The minimum absolute atomic E-state index is 0.316. The van der Waals surface area contributed by atoms with Crippen LogP contribution in [0.15, 0.2) is 12.2 Å². The first-order chi connectivity index (χ1) is 5.57. The van der Waals surface area contributed by atoms with Gasteiger partial charge in [0.1, 0.15) is 6.61 Å². The van der Waals surface area contributed by atoms with E-state index in [2.05, 4.69) is 6.58 Å². The monoisotopic (exact) mass is 172 g/mol. The normalized spacial score (nSPS) is 10.0. The molecule has 0 aliphatic rings. The van der Waals surface area contributed by atoms with E-state index >= 15 is 0 Å². The molecule has 0 atom stereocenters. The van der Waals surface area contributed by atoms with Crippen LogP contribution in [0.2, 0.25) is 0 Å². The molecular weight excluding hydrogens is 156 g/mol. The van der Waals surface area contributed by atoms with E-state index in [0.717, 1.165) is 6.54 Å². The van der Waals surface area contributed by atoms with Crippen molar-refractivity contribution in [2.24, 2.45) is 5.84 Å². The predicted molar refractivity (Wildman–Crippen MR) is 47.2 cm³/mol. The number of hydrogen-bond acceptors (Lipinski definition) is 4. The zero-order chi connectivity index (χ0) is 9.56. The summed E-state index contributed by atoms with van der Waals surface area (Å²) in [4.78, 5) is 10.8. The van der Waals surface area contributed by atoms with Gasteiger partial charge in [-0.25, -0.2) is 9.80 Å². The maximum Gasteiger partial charge on any atom is 0.333 e. The molecule has 12 heavy (non-hydrogen) atoms. The highest BCUT2D eigenvalue weighted by Crippen LogP contribution is 1.91. The van der Waals surface area contributed by atoms with Gasteiger partial charge in [-0.15, -0.1) is 0 Å². The van der Waals surface area contributed by atoms with Crippen LogP contribution < -0.4 is 5.84 Å². The highest BCUT2D eigenvalue weighted by molar-refractivity contribution is 5.86. The molecule has 0 aliphatic heterocycles. The number of hydrogen-bond donors (Lipinski definition) is 1. The summed E-state index contributed by atoms with van der Waals surface area (Å²) < 4.78 is 4.82. The van der Waals surface area contributed by atoms with Crippen molar-refractivity contribution in [3.05, 3.63) is 12.2 Å². The fourth-order valence-corrected chi connectivity index (χ4v) is 0.537. The average molecular weight is 172 g/mol. The second-order valence-electron chi connectivity index (χ2n) is 2.54. The van der Waals surface area contributed by atoms with Crippen LogP contribution in [0.3, 0.4) is 0 Å². The van der Waals surface area contributed by atoms with Crippen LogP contribution >= 0.6 is 0 Å². The van der Waals surface area contributed by atoms with Crippen molar-refractivity contribution in [3.63, 3.8) is 0 Å². The van der Waals surface area contributed by atoms with Gasteiger partial charge in [-0.05, 0) is 6.92 Å². The van der Waals surface area contributed by atoms with E-state index < -0.39 is 0 Å². The average Bonchev–Trinajstić information content (AvgIpc) is 2.03. The first-order valence-corrected chi connectivity index (χ1v) is 3.90. The molecule has 0 unspecified atom stereocenters. The lowest BCUT2D eigenvalue weighted by Gasteiger charge is -2.12. The zero-order valence-electron chi connectivity index (χ0n) is 7.67. The second-order valence-corrected chi connectivity index (χ2v) is 2.54. The quantitative estimate of drug-likeness (QED) is 0.280. The maximum atomic E-state index is 10.8. The first kappa shape index (κ1) is 11.1. The smallest absolute Gasteiger partial charge is 0.333 e. The number of nitrogens with zero attached hydrogens (tertiary/aromatic N) is 1. The molecular formula is C8H16N2O2. The number of ether oxygens (including phenoxy) is 1. The third-order valence-corrected chi connectivity index (χ3v) is 1.37. The summed E-state index contributed by atoms with van der Waals surface area (Å²) in [6.07, 6.45) is 0. The maximum absolute atomic E-state index is 10.8. The molecule has 0 rings (SSSR count). The van der Waals surface area contributed by atoms with Gasteiger partial charge >= 0.3 is 5.97 Å². The summed E-state index contributed by atoms with van der Waals surface area (Å²) in [6, 6.07) is 0. The van der Waals surface area contributed by atoms with Crippen molar-refractivity contribution in [2.45, 2.75) is 13.8 Å². The number of hydrazine groups is 1. The SMILES string of the molecule is C=C(C)C(=O)OCCN(N)CC. The highest BCUT2D eigenvalue weighted by atomic mass is 16.5. The largest absolute Gasteiger partial charge is 0.461 e. The van der Waals surface area contributed by atoms with Crippen LogP contribution in [0, 0.1) is 0 Å². The number of rotatable bonds is 5. The molecule has 0 aliphatic carbocycles. The Bertz CT molecular complexity index is 168. The Labute approximate surface area is 72.9 Å². The van der Waals surface area contributed by atoms with E-state index in [1.807, 2.05) is 6.92 Å². The molecule has 0 amide bonds. The molecule has 0 spiro atoms. The van der Waals surface area contributed by atoms with Gasteiger partial charge < -0.3 is 4.74 Å². The second kappa shape index (κ2) is 5.74. The third kappa shape index (κ3) is 4.87. The zero-order valence-corrected chi connectivity index (χ0v) is 7.67. The van der Waals surface area contributed by atoms with Gasteiger partial charge in [-0.3, -0.25) is 5.84 Å². The van der Waals surface area contributed by atoms with Crippen LogP contribution in [0.1, 0.15) is 13.8 Å². The summed E-state index contributed by atoms with van der Waals surface area (Å²) in [5.41, 5.74) is 0.412. The van der Waals surface area contributed by atoms with Gasteiger partial charge in [0, 0.05) is 18.7 Å². The van der Waals surface area contributed by atoms with E-state index in [0.29, 0.717) is 18.7 Å². The van der Waals surface area contributed by atoms with Crippen molar-refractivity contribution in [1.29, 1.82) is 0 Å². The van der Waals surface area contributed by atoms with Gasteiger partial charge in [0.05, 0.1) is 0 Å². The van der Waals surface area contributed by atoms with E-state index in [1.165, 1.54) is 0 Å².